The third kappa shape index (κ3) is 4.38. The highest BCUT2D eigenvalue weighted by Crippen LogP contribution is 2.39. The smallest absolute Gasteiger partial charge is 0.399 e. The molecule has 1 fully saturated rings. The Bertz CT molecular complexity index is 875. The predicted molar refractivity (Wildman–Crippen MR) is 118 cm³/mol. The van der Waals surface area contributed by atoms with Gasteiger partial charge in [-0.05, 0) is 63.5 Å². The second-order valence-electron chi connectivity index (χ2n) is 8.67. The average Bonchev–Trinajstić information content (AvgIpc) is 2.86. The first-order valence-electron chi connectivity index (χ1n) is 9.82. The Labute approximate surface area is 173 Å². The van der Waals surface area contributed by atoms with Gasteiger partial charge < -0.3 is 31.1 Å². The number of rotatable bonds is 5. The van der Waals surface area contributed by atoms with Crippen LogP contribution in [-0.4, -0.2) is 30.4 Å². The lowest BCUT2D eigenvalue weighted by molar-refractivity contribution is 0.00578. The summed E-state index contributed by atoms with van der Waals surface area (Å²) in [5.41, 5.74) is 8.78. The number of allylic oxidation sites excluding steroid dienone is 5. The SMILES string of the molecule is CC(C)C(C=N)=CC(N)=NC1=CC=C2NC=C(B3OC(C)(C)C(C)(C)O3)C=C2N1. The summed E-state index contributed by atoms with van der Waals surface area (Å²) in [5, 5.41) is 14.1. The number of aliphatic imine (C=N–C) groups is 1. The van der Waals surface area contributed by atoms with Gasteiger partial charge in [-0.1, -0.05) is 13.8 Å². The van der Waals surface area contributed by atoms with Gasteiger partial charge in [-0.25, -0.2) is 4.99 Å². The second-order valence-corrected chi connectivity index (χ2v) is 8.67. The normalized spacial score (nSPS) is 23.3. The van der Waals surface area contributed by atoms with Crippen LogP contribution in [0.4, 0.5) is 0 Å². The highest BCUT2D eigenvalue weighted by atomic mass is 16.7. The fourth-order valence-electron chi connectivity index (χ4n) is 3.01. The van der Waals surface area contributed by atoms with Crippen LogP contribution in [0.5, 0.6) is 0 Å². The zero-order valence-electron chi connectivity index (χ0n) is 18.0. The number of hydrogen-bond acceptors (Lipinski definition) is 6. The summed E-state index contributed by atoms with van der Waals surface area (Å²) in [4.78, 5) is 4.44. The molecule has 0 unspecified atom stereocenters. The molecule has 0 atom stereocenters. The molecule has 7 nitrogen and oxygen atoms in total. The number of nitrogens with two attached hydrogens (primary N) is 1. The Hall–Kier alpha value is -2.58. The van der Waals surface area contributed by atoms with Crippen molar-refractivity contribution in [1.82, 2.24) is 10.6 Å². The molecule has 3 aliphatic rings. The van der Waals surface area contributed by atoms with Crippen LogP contribution in [0, 0.1) is 11.3 Å². The van der Waals surface area contributed by atoms with Crippen molar-refractivity contribution in [3.05, 3.63) is 58.8 Å². The molecule has 0 aromatic carbocycles. The van der Waals surface area contributed by atoms with Crippen LogP contribution < -0.4 is 16.4 Å². The summed E-state index contributed by atoms with van der Waals surface area (Å²) in [6, 6.07) is 0. The van der Waals surface area contributed by atoms with Gasteiger partial charge in [0.1, 0.15) is 11.7 Å². The van der Waals surface area contributed by atoms with E-state index in [1.807, 2.05) is 66.0 Å². The molecule has 154 valence electrons. The van der Waals surface area contributed by atoms with Crippen LogP contribution in [0.2, 0.25) is 0 Å². The lowest BCUT2D eigenvalue weighted by Crippen LogP contribution is -2.41. The van der Waals surface area contributed by atoms with E-state index >= 15 is 0 Å². The first-order chi connectivity index (χ1) is 13.5. The fraction of sp³-hybridized carbons (Fsp3) is 0.429. The van der Waals surface area contributed by atoms with Crippen molar-refractivity contribution in [1.29, 1.82) is 5.41 Å². The van der Waals surface area contributed by atoms with Crippen molar-refractivity contribution in [2.24, 2.45) is 16.6 Å². The Morgan fingerprint density at radius 1 is 1.17 bits per heavy atom. The van der Waals surface area contributed by atoms with Gasteiger partial charge in [-0.3, -0.25) is 0 Å². The van der Waals surface area contributed by atoms with Crippen LogP contribution >= 0.6 is 0 Å². The van der Waals surface area contributed by atoms with E-state index in [1.54, 1.807) is 6.08 Å². The number of nitrogens with zero attached hydrogens (tertiary/aromatic N) is 1. The molecule has 0 radical (unpaired) electrons. The predicted octanol–water partition coefficient (Wildman–Crippen LogP) is 2.91. The van der Waals surface area contributed by atoms with E-state index in [0.29, 0.717) is 11.7 Å². The Kier molecular flexibility index (Phi) is 5.60. The lowest BCUT2D eigenvalue weighted by Gasteiger charge is -2.32. The molecule has 0 bridgehead atoms. The van der Waals surface area contributed by atoms with E-state index in [-0.39, 0.29) is 5.92 Å². The molecule has 29 heavy (non-hydrogen) atoms. The Morgan fingerprint density at radius 3 is 2.41 bits per heavy atom. The summed E-state index contributed by atoms with van der Waals surface area (Å²) in [7, 11) is -0.449. The summed E-state index contributed by atoms with van der Waals surface area (Å²) in [5.74, 6) is 1.18. The van der Waals surface area contributed by atoms with Crippen LogP contribution in [0.25, 0.3) is 0 Å². The summed E-state index contributed by atoms with van der Waals surface area (Å²) in [6.07, 6.45) is 10.7. The van der Waals surface area contributed by atoms with Gasteiger partial charge in [-0.15, -0.1) is 0 Å². The number of fused-ring (bicyclic) bond motifs is 1. The van der Waals surface area contributed by atoms with Gasteiger partial charge >= 0.3 is 7.12 Å². The standard InChI is InChI=1S/C21H30BN5O2/c1-13(2)14(11-23)9-18(24)27-19-8-7-16-17(26-19)10-15(12-25-16)22-28-20(3,4)21(5,6)29-22/h7-13,23,25-26H,1-6H3,(H2,24,27). The minimum atomic E-state index is -0.449. The van der Waals surface area contributed by atoms with E-state index in [9.17, 15) is 0 Å². The van der Waals surface area contributed by atoms with Gasteiger partial charge in [-0.2, -0.15) is 0 Å². The van der Waals surface area contributed by atoms with E-state index in [2.05, 4.69) is 15.6 Å². The molecule has 8 heteroatoms. The molecular formula is C21H30BN5O2. The van der Waals surface area contributed by atoms with Crippen LogP contribution in [0.1, 0.15) is 41.5 Å². The lowest BCUT2D eigenvalue weighted by atomic mass is 9.77. The molecule has 3 rings (SSSR count). The van der Waals surface area contributed by atoms with Crippen LogP contribution in [-0.2, 0) is 9.31 Å². The highest BCUT2D eigenvalue weighted by molar-refractivity contribution is 6.55. The fourth-order valence-corrected chi connectivity index (χ4v) is 3.01. The zero-order chi connectivity index (χ0) is 21.4. The summed E-state index contributed by atoms with van der Waals surface area (Å²) >= 11 is 0. The molecule has 5 N–H and O–H groups in total. The third-order valence-electron chi connectivity index (χ3n) is 5.59. The molecular weight excluding hydrogens is 365 g/mol. The maximum atomic E-state index is 7.49. The number of dihydropyridines is 2. The molecule has 0 aromatic heterocycles. The first-order valence-corrected chi connectivity index (χ1v) is 9.82. The maximum Gasteiger partial charge on any atom is 0.496 e. The van der Waals surface area contributed by atoms with Crippen molar-refractivity contribution >= 4 is 19.2 Å². The average molecular weight is 395 g/mol. The number of amidine groups is 1. The second kappa shape index (κ2) is 7.69. The van der Waals surface area contributed by atoms with Crippen molar-refractivity contribution in [3.63, 3.8) is 0 Å². The molecule has 1 saturated heterocycles. The highest BCUT2D eigenvalue weighted by Gasteiger charge is 2.52. The molecule has 3 heterocycles. The van der Waals surface area contributed by atoms with Crippen molar-refractivity contribution in [2.45, 2.75) is 52.7 Å². The Balaban J connectivity index is 1.77. The Morgan fingerprint density at radius 2 is 1.83 bits per heavy atom. The molecule has 3 aliphatic heterocycles. The summed E-state index contributed by atoms with van der Waals surface area (Å²) < 4.78 is 12.3. The third-order valence-corrected chi connectivity index (χ3v) is 5.59. The first kappa shape index (κ1) is 21.1. The zero-order valence-corrected chi connectivity index (χ0v) is 18.0. The summed E-state index contributed by atoms with van der Waals surface area (Å²) in [6.45, 7) is 12.2. The number of nitrogens with one attached hydrogen (secondary N) is 3. The largest absolute Gasteiger partial charge is 0.496 e. The van der Waals surface area contributed by atoms with Gasteiger partial charge in [0.25, 0.3) is 0 Å². The molecule has 0 aromatic rings. The van der Waals surface area contributed by atoms with Crippen molar-refractivity contribution < 1.29 is 9.31 Å². The van der Waals surface area contributed by atoms with Crippen molar-refractivity contribution in [2.75, 3.05) is 0 Å². The maximum absolute atomic E-state index is 7.49. The van der Waals surface area contributed by atoms with E-state index in [4.69, 9.17) is 20.5 Å². The van der Waals surface area contributed by atoms with E-state index < -0.39 is 18.3 Å². The molecule has 0 aliphatic carbocycles. The van der Waals surface area contributed by atoms with Gasteiger partial charge in [0.2, 0.25) is 0 Å². The number of hydrogen-bond donors (Lipinski definition) is 4. The van der Waals surface area contributed by atoms with E-state index in [1.165, 1.54) is 6.21 Å². The van der Waals surface area contributed by atoms with Crippen molar-refractivity contribution in [3.8, 4) is 0 Å². The topological polar surface area (TPSA) is 105 Å². The quantitative estimate of drug-likeness (QED) is 0.326. The van der Waals surface area contributed by atoms with E-state index in [0.717, 1.165) is 22.4 Å². The minimum Gasteiger partial charge on any atom is -0.399 e. The monoisotopic (exact) mass is 395 g/mol. The van der Waals surface area contributed by atoms with Crippen LogP contribution in [0.3, 0.4) is 0 Å². The molecule has 0 saturated carbocycles. The van der Waals surface area contributed by atoms with Gasteiger partial charge in [0, 0.05) is 17.9 Å². The minimum absolute atomic E-state index is 0.207. The van der Waals surface area contributed by atoms with Gasteiger partial charge in [0.05, 0.1) is 22.6 Å². The van der Waals surface area contributed by atoms with Gasteiger partial charge in [0.15, 0.2) is 0 Å². The molecule has 0 spiro atoms. The molecule has 0 amide bonds. The van der Waals surface area contributed by atoms with Crippen LogP contribution in [0.15, 0.2) is 63.8 Å².